The van der Waals surface area contributed by atoms with E-state index in [0.717, 1.165) is 0 Å². The van der Waals surface area contributed by atoms with E-state index in [0.29, 0.717) is 23.4 Å². The highest BCUT2D eigenvalue weighted by Crippen LogP contribution is 2.15. The van der Waals surface area contributed by atoms with Crippen LogP contribution in [-0.2, 0) is 11.2 Å². The molecule has 0 bridgehead atoms. The molecule has 2 rings (SSSR count). The number of nitriles is 1. The van der Waals surface area contributed by atoms with E-state index in [4.69, 9.17) is 16.4 Å². The Kier molecular flexibility index (Phi) is 4.33. The van der Waals surface area contributed by atoms with Gasteiger partial charge in [0.2, 0.25) is 0 Å². The maximum atomic E-state index is 11.8. The lowest BCUT2D eigenvalue weighted by Crippen LogP contribution is -2.08. The van der Waals surface area contributed by atoms with Gasteiger partial charge in [0, 0.05) is 0 Å². The fourth-order valence-corrected chi connectivity index (χ4v) is 1.87. The number of nitrogens with zero attached hydrogens (tertiary/aromatic N) is 4. The summed E-state index contributed by atoms with van der Waals surface area (Å²) in [6.45, 7) is 1.83. The molecule has 1 heterocycles. The summed E-state index contributed by atoms with van der Waals surface area (Å²) in [5.41, 5.74) is 1.96. The number of benzene rings is 1. The monoisotopic (exact) mass is 280 g/mol. The topological polar surface area (TPSA) is 80.8 Å². The Morgan fingerprint density at radius 2 is 2.33 bits per heavy atom. The molecule has 0 amide bonds. The molecule has 0 aliphatic rings. The van der Waals surface area contributed by atoms with Gasteiger partial charge < -0.3 is 4.74 Å². The molecule has 6 heteroatoms. The molecule has 0 N–H and O–H groups in total. The zero-order valence-corrected chi connectivity index (χ0v) is 11.4. The molecule has 0 aliphatic carbocycles. The van der Waals surface area contributed by atoms with Crippen LogP contribution in [0.5, 0.6) is 0 Å². The Morgan fingerprint density at radius 1 is 1.52 bits per heavy atom. The van der Waals surface area contributed by atoms with E-state index >= 15 is 0 Å². The maximum Gasteiger partial charge on any atom is 0.339 e. The highest BCUT2D eigenvalue weighted by Gasteiger charge is 2.14. The average molecular weight is 280 g/mol. The van der Waals surface area contributed by atoms with Crippen LogP contribution in [0.4, 0.5) is 0 Å². The van der Waals surface area contributed by atoms with Gasteiger partial charge in [0.1, 0.15) is 6.07 Å². The summed E-state index contributed by atoms with van der Waals surface area (Å²) in [6.07, 6.45) is 5.65. The minimum Gasteiger partial charge on any atom is -0.449 e. The maximum absolute atomic E-state index is 11.8. The number of hydrogen-bond donors (Lipinski definition) is 0. The first-order valence-corrected chi connectivity index (χ1v) is 6.27. The van der Waals surface area contributed by atoms with Crippen LogP contribution in [0.15, 0.2) is 24.3 Å². The summed E-state index contributed by atoms with van der Waals surface area (Å²) in [5.74, 6) is 1.73. The van der Waals surface area contributed by atoms with Crippen LogP contribution in [0.25, 0.3) is 5.69 Å². The van der Waals surface area contributed by atoms with Crippen molar-refractivity contribution in [2.45, 2.75) is 13.3 Å². The number of aromatic nitrogens is 3. The van der Waals surface area contributed by atoms with Crippen LogP contribution in [0.2, 0.25) is 0 Å². The Labute approximate surface area is 122 Å². The largest absolute Gasteiger partial charge is 0.449 e. The molecular formula is C15H12N4O2. The smallest absolute Gasteiger partial charge is 0.339 e. The number of hydrogen-bond acceptors (Lipinski definition) is 5. The minimum absolute atomic E-state index is 0.0782. The lowest BCUT2D eigenvalue weighted by Gasteiger charge is -2.07. The first-order valence-electron chi connectivity index (χ1n) is 6.27. The molecule has 0 saturated carbocycles. The van der Waals surface area contributed by atoms with E-state index in [-0.39, 0.29) is 12.3 Å². The van der Waals surface area contributed by atoms with Crippen molar-refractivity contribution in [3.05, 3.63) is 41.2 Å². The summed E-state index contributed by atoms with van der Waals surface area (Å²) in [6, 6.07) is 8.71. The van der Waals surface area contributed by atoms with E-state index in [1.165, 1.54) is 4.68 Å². The molecule has 21 heavy (non-hydrogen) atoms. The van der Waals surface area contributed by atoms with E-state index < -0.39 is 5.97 Å². The Bertz CT molecular complexity index is 750. The number of carbonyl (C=O) groups is 1. The van der Waals surface area contributed by atoms with Crippen LogP contribution >= 0.6 is 0 Å². The first-order chi connectivity index (χ1) is 10.2. The van der Waals surface area contributed by atoms with Gasteiger partial charge in [0.25, 0.3) is 0 Å². The Morgan fingerprint density at radius 3 is 3.00 bits per heavy atom. The molecule has 0 fully saturated rings. The van der Waals surface area contributed by atoms with Crippen molar-refractivity contribution in [3.8, 4) is 24.1 Å². The number of carbonyl (C=O) groups excluding carboxylic acids is 1. The third kappa shape index (κ3) is 2.90. The molecule has 6 nitrogen and oxygen atoms in total. The fourth-order valence-electron chi connectivity index (χ4n) is 1.87. The zero-order valence-electron chi connectivity index (χ0n) is 11.4. The fraction of sp³-hybridized carbons (Fsp3) is 0.200. The molecule has 0 atom stereocenters. The van der Waals surface area contributed by atoms with Crippen LogP contribution in [0, 0.1) is 23.7 Å². The summed E-state index contributed by atoms with van der Waals surface area (Å²) < 4.78 is 6.42. The summed E-state index contributed by atoms with van der Waals surface area (Å²) in [4.78, 5) is 11.8. The van der Waals surface area contributed by atoms with Crippen molar-refractivity contribution in [2.24, 2.45) is 0 Å². The van der Waals surface area contributed by atoms with Gasteiger partial charge in [-0.05, 0) is 24.6 Å². The van der Waals surface area contributed by atoms with Gasteiger partial charge >= 0.3 is 5.97 Å². The second-order valence-electron chi connectivity index (χ2n) is 4.09. The van der Waals surface area contributed by atoms with E-state index in [9.17, 15) is 4.79 Å². The Balaban J connectivity index is 2.39. The molecule has 1 aromatic heterocycles. The number of ether oxygens (including phenoxy) is 1. The van der Waals surface area contributed by atoms with Crippen LogP contribution < -0.4 is 0 Å². The van der Waals surface area contributed by atoms with E-state index in [1.807, 2.05) is 13.0 Å². The third-order valence-electron chi connectivity index (χ3n) is 2.82. The Hall–Kier alpha value is -3.12. The summed E-state index contributed by atoms with van der Waals surface area (Å²) in [7, 11) is 0. The van der Waals surface area contributed by atoms with Crippen LogP contribution in [0.1, 0.15) is 28.7 Å². The number of rotatable bonds is 4. The molecule has 0 spiro atoms. The van der Waals surface area contributed by atoms with Crippen LogP contribution in [0.3, 0.4) is 0 Å². The quantitative estimate of drug-likeness (QED) is 0.626. The lowest BCUT2D eigenvalue weighted by atomic mass is 10.2. The van der Waals surface area contributed by atoms with Gasteiger partial charge in [-0.25, -0.2) is 9.48 Å². The third-order valence-corrected chi connectivity index (χ3v) is 2.82. The van der Waals surface area contributed by atoms with Gasteiger partial charge in [-0.2, -0.15) is 5.26 Å². The highest BCUT2D eigenvalue weighted by molar-refractivity contribution is 5.90. The first kappa shape index (κ1) is 14.3. The molecule has 104 valence electrons. The van der Waals surface area contributed by atoms with Crippen molar-refractivity contribution in [2.75, 3.05) is 6.61 Å². The molecule has 2 aromatic rings. The van der Waals surface area contributed by atoms with Gasteiger partial charge in [0.15, 0.2) is 12.3 Å². The molecule has 0 radical (unpaired) electrons. The number of esters is 1. The highest BCUT2D eigenvalue weighted by atomic mass is 16.5. The standard InChI is InChI=1S/C15H12N4O2/c1-3-8-21-15(20)11-6-5-7-12(9-11)19-14(4-2)13(10-16)17-18-19/h1,5-7,9H,4,8H2,2H3. The van der Waals surface area contributed by atoms with Gasteiger partial charge in [0.05, 0.1) is 16.9 Å². The predicted molar refractivity (Wildman–Crippen MR) is 74.6 cm³/mol. The number of terminal acetylenes is 1. The van der Waals surface area contributed by atoms with E-state index in [2.05, 4.69) is 16.2 Å². The van der Waals surface area contributed by atoms with Gasteiger partial charge in [-0.3, -0.25) is 0 Å². The van der Waals surface area contributed by atoms with Crippen molar-refractivity contribution < 1.29 is 9.53 Å². The predicted octanol–water partition coefficient (Wildman–Crippen LogP) is 1.49. The second-order valence-corrected chi connectivity index (χ2v) is 4.09. The van der Waals surface area contributed by atoms with Crippen molar-refractivity contribution >= 4 is 5.97 Å². The van der Waals surface area contributed by atoms with E-state index in [1.54, 1.807) is 24.3 Å². The zero-order chi connectivity index (χ0) is 15.2. The summed E-state index contributed by atoms with van der Waals surface area (Å²) >= 11 is 0. The van der Waals surface area contributed by atoms with Gasteiger partial charge in [-0.1, -0.05) is 24.1 Å². The normalized spacial score (nSPS) is 9.67. The molecular weight excluding hydrogens is 268 g/mol. The van der Waals surface area contributed by atoms with Crippen LogP contribution in [-0.4, -0.2) is 27.6 Å². The molecule has 0 unspecified atom stereocenters. The minimum atomic E-state index is -0.506. The lowest BCUT2D eigenvalue weighted by molar-refractivity contribution is 0.0556. The van der Waals surface area contributed by atoms with Gasteiger partial charge in [-0.15, -0.1) is 11.5 Å². The van der Waals surface area contributed by atoms with Crippen molar-refractivity contribution in [1.82, 2.24) is 15.0 Å². The second kappa shape index (κ2) is 6.36. The summed E-state index contributed by atoms with van der Waals surface area (Å²) in [5, 5.41) is 16.8. The average Bonchev–Trinajstić information content (AvgIpc) is 2.95. The molecule has 0 saturated heterocycles. The molecule has 0 aliphatic heterocycles. The van der Waals surface area contributed by atoms with Crippen molar-refractivity contribution in [1.29, 1.82) is 5.26 Å². The SMILES string of the molecule is C#CCOC(=O)c1cccc(-n2nnc(C#N)c2CC)c1. The molecule has 1 aromatic carbocycles. The van der Waals surface area contributed by atoms with Crippen molar-refractivity contribution in [3.63, 3.8) is 0 Å².